The molecule has 1 aromatic heterocycles. The lowest BCUT2D eigenvalue weighted by atomic mass is 10.1. The smallest absolute Gasteiger partial charge is 0.385 e. The number of benzene rings is 1. The van der Waals surface area contributed by atoms with Crippen molar-refractivity contribution in [3.8, 4) is 10.6 Å². The summed E-state index contributed by atoms with van der Waals surface area (Å²) in [6, 6.07) is 4.77. The first kappa shape index (κ1) is 19.4. The number of hydrogen-bond acceptors (Lipinski definition) is 4. The Morgan fingerprint density at radius 3 is 2.52 bits per heavy atom. The summed E-state index contributed by atoms with van der Waals surface area (Å²) in [5.74, 6) is -0.217. The third-order valence-corrected chi connectivity index (χ3v) is 4.73. The Morgan fingerprint density at radius 1 is 1.24 bits per heavy atom. The van der Waals surface area contributed by atoms with Crippen LogP contribution in [0.2, 0.25) is 0 Å². The number of carbonyl (C=O) groups is 1. The van der Waals surface area contributed by atoms with Crippen LogP contribution in [0.3, 0.4) is 0 Å². The maximum atomic E-state index is 12.6. The second-order valence-corrected chi connectivity index (χ2v) is 6.46. The van der Waals surface area contributed by atoms with Crippen LogP contribution < -0.4 is 5.32 Å². The highest BCUT2D eigenvalue weighted by Crippen LogP contribution is 2.32. The highest BCUT2D eigenvalue weighted by molar-refractivity contribution is 7.17. The Kier molecular flexibility index (Phi) is 6.55. The maximum absolute atomic E-state index is 12.6. The molecular weight excluding hydrogens is 353 g/mol. The minimum Gasteiger partial charge on any atom is -0.385 e. The van der Waals surface area contributed by atoms with Gasteiger partial charge in [0.05, 0.1) is 11.3 Å². The average molecular weight is 372 g/mol. The van der Waals surface area contributed by atoms with Crippen LogP contribution in [0.5, 0.6) is 0 Å². The lowest BCUT2D eigenvalue weighted by Gasteiger charge is -2.06. The largest absolute Gasteiger partial charge is 0.416 e. The fraction of sp³-hybridized carbons (Fsp3) is 0.412. The summed E-state index contributed by atoms with van der Waals surface area (Å²) in [5.41, 5.74) is 0.410. The van der Waals surface area contributed by atoms with Gasteiger partial charge in [0.2, 0.25) is 0 Å². The number of alkyl halides is 3. The van der Waals surface area contributed by atoms with Gasteiger partial charge in [0.15, 0.2) is 0 Å². The first-order chi connectivity index (χ1) is 11.8. The molecule has 0 saturated heterocycles. The van der Waals surface area contributed by atoms with Gasteiger partial charge in [-0.25, -0.2) is 4.98 Å². The Balaban J connectivity index is 2.05. The van der Waals surface area contributed by atoms with Crippen molar-refractivity contribution in [1.82, 2.24) is 10.3 Å². The molecule has 0 unspecified atom stereocenters. The summed E-state index contributed by atoms with van der Waals surface area (Å²) in [6.07, 6.45) is -2.70. The van der Waals surface area contributed by atoms with Crippen molar-refractivity contribution in [1.29, 1.82) is 0 Å². The highest BCUT2D eigenvalue weighted by Gasteiger charge is 2.30. The van der Waals surface area contributed by atoms with Crippen LogP contribution in [0, 0.1) is 6.92 Å². The van der Waals surface area contributed by atoms with E-state index in [1.54, 1.807) is 14.0 Å². The van der Waals surface area contributed by atoms with Gasteiger partial charge < -0.3 is 10.1 Å². The number of nitrogens with one attached hydrogen (secondary N) is 1. The molecule has 1 heterocycles. The second kappa shape index (κ2) is 8.44. The lowest BCUT2D eigenvalue weighted by Crippen LogP contribution is -2.24. The van der Waals surface area contributed by atoms with E-state index in [0.717, 1.165) is 25.0 Å². The Labute approximate surface area is 148 Å². The van der Waals surface area contributed by atoms with Gasteiger partial charge in [0.25, 0.3) is 5.91 Å². The predicted molar refractivity (Wildman–Crippen MR) is 90.7 cm³/mol. The number of carbonyl (C=O) groups excluding carboxylic acids is 1. The first-order valence-corrected chi connectivity index (χ1v) is 8.56. The fourth-order valence-electron chi connectivity index (χ4n) is 2.19. The van der Waals surface area contributed by atoms with Gasteiger partial charge >= 0.3 is 6.18 Å². The molecule has 0 radical (unpaired) electrons. The summed E-state index contributed by atoms with van der Waals surface area (Å²) in [6.45, 7) is 2.90. The number of thiazole rings is 1. The van der Waals surface area contributed by atoms with E-state index in [4.69, 9.17) is 4.74 Å². The van der Waals surface area contributed by atoms with Crippen LogP contribution >= 0.6 is 11.3 Å². The van der Waals surface area contributed by atoms with E-state index in [1.165, 1.54) is 23.5 Å². The fourth-order valence-corrected chi connectivity index (χ4v) is 3.17. The van der Waals surface area contributed by atoms with Gasteiger partial charge in [-0.15, -0.1) is 11.3 Å². The standard InChI is InChI=1S/C17H19F3N2O2S/c1-11-14(15(23)21-9-3-4-10-24-2)25-16(22-11)12-5-7-13(8-6-12)17(18,19)20/h5-8H,3-4,9-10H2,1-2H3,(H,21,23). The zero-order valence-electron chi connectivity index (χ0n) is 13.9. The molecule has 0 aliphatic heterocycles. The maximum Gasteiger partial charge on any atom is 0.416 e. The van der Waals surface area contributed by atoms with Crippen molar-refractivity contribution < 1.29 is 22.7 Å². The number of amides is 1. The number of methoxy groups -OCH3 is 1. The number of ether oxygens (including phenoxy) is 1. The number of nitrogens with zero attached hydrogens (tertiary/aromatic N) is 1. The zero-order valence-corrected chi connectivity index (χ0v) is 14.8. The van der Waals surface area contributed by atoms with E-state index in [2.05, 4.69) is 10.3 Å². The third-order valence-electron chi connectivity index (χ3n) is 3.52. The molecule has 0 aliphatic rings. The molecule has 0 aliphatic carbocycles. The van der Waals surface area contributed by atoms with Crippen molar-refractivity contribution in [3.05, 3.63) is 40.4 Å². The molecule has 0 spiro atoms. The van der Waals surface area contributed by atoms with Crippen molar-refractivity contribution in [2.24, 2.45) is 0 Å². The number of aryl methyl sites for hydroxylation is 1. The molecule has 1 aromatic carbocycles. The Hall–Kier alpha value is -1.93. The topological polar surface area (TPSA) is 51.2 Å². The Morgan fingerprint density at radius 2 is 1.92 bits per heavy atom. The molecule has 0 atom stereocenters. The van der Waals surface area contributed by atoms with Crippen LogP contribution in [-0.2, 0) is 10.9 Å². The summed E-state index contributed by atoms with van der Waals surface area (Å²) < 4.78 is 42.8. The number of unbranched alkanes of at least 4 members (excludes halogenated alkanes) is 1. The van der Waals surface area contributed by atoms with Crippen LogP contribution in [-0.4, -0.2) is 31.2 Å². The summed E-state index contributed by atoms with van der Waals surface area (Å²) in [4.78, 5) is 17.0. The number of hydrogen-bond donors (Lipinski definition) is 1. The van der Waals surface area contributed by atoms with Crippen LogP contribution in [0.4, 0.5) is 13.2 Å². The predicted octanol–water partition coefficient (Wildman–Crippen LogP) is 4.29. The minimum absolute atomic E-state index is 0.217. The highest BCUT2D eigenvalue weighted by atomic mass is 32.1. The van der Waals surface area contributed by atoms with Gasteiger partial charge in [-0.05, 0) is 31.9 Å². The Bertz CT molecular complexity index is 712. The van der Waals surface area contributed by atoms with Gasteiger partial charge in [-0.3, -0.25) is 4.79 Å². The van der Waals surface area contributed by atoms with Crippen LogP contribution in [0.25, 0.3) is 10.6 Å². The molecule has 0 saturated carbocycles. The van der Waals surface area contributed by atoms with E-state index >= 15 is 0 Å². The van der Waals surface area contributed by atoms with Crippen molar-refractivity contribution in [2.75, 3.05) is 20.3 Å². The molecule has 2 rings (SSSR count). The normalized spacial score (nSPS) is 11.6. The van der Waals surface area contributed by atoms with Gasteiger partial charge in [-0.1, -0.05) is 12.1 Å². The molecule has 0 fully saturated rings. The molecule has 0 bridgehead atoms. The zero-order chi connectivity index (χ0) is 18.4. The monoisotopic (exact) mass is 372 g/mol. The molecule has 25 heavy (non-hydrogen) atoms. The third kappa shape index (κ3) is 5.27. The molecule has 2 aromatic rings. The lowest BCUT2D eigenvalue weighted by molar-refractivity contribution is -0.137. The number of aromatic nitrogens is 1. The minimum atomic E-state index is -4.37. The van der Waals surface area contributed by atoms with E-state index < -0.39 is 11.7 Å². The van der Waals surface area contributed by atoms with Gasteiger partial charge in [-0.2, -0.15) is 13.2 Å². The SMILES string of the molecule is COCCCCNC(=O)c1sc(-c2ccc(C(F)(F)F)cc2)nc1C. The second-order valence-electron chi connectivity index (χ2n) is 5.46. The van der Waals surface area contributed by atoms with Crippen LogP contribution in [0.1, 0.15) is 33.8 Å². The van der Waals surface area contributed by atoms with Gasteiger partial charge in [0, 0.05) is 25.8 Å². The summed E-state index contributed by atoms with van der Waals surface area (Å²) in [7, 11) is 1.63. The molecule has 8 heteroatoms. The average Bonchev–Trinajstić information content (AvgIpc) is 2.96. The molecule has 1 amide bonds. The summed E-state index contributed by atoms with van der Waals surface area (Å²) in [5, 5.41) is 3.34. The van der Waals surface area contributed by atoms with Crippen LogP contribution in [0.15, 0.2) is 24.3 Å². The molecule has 1 N–H and O–H groups in total. The van der Waals surface area contributed by atoms with E-state index in [0.29, 0.717) is 34.3 Å². The van der Waals surface area contributed by atoms with Gasteiger partial charge in [0.1, 0.15) is 9.88 Å². The number of halogens is 3. The molecule has 136 valence electrons. The van der Waals surface area contributed by atoms with E-state index in [1.807, 2.05) is 0 Å². The first-order valence-electron chi connectivity index (χ1n) is 7.75. The van der Waals surface area contributed by atoms with Crippen molar-refractivity contribution in [3.63, 3.8) is 0 Å². The summed E-state index contributed by atoms with van der Waals surface area (Å²) >= 11 is 1.17. The molecule has 4 nitrogen and oxygen atoms in total. The quantitative estimate of drug-likeness (QED) is 0.738. The number of rotatable bonds is 7. The van der Waals surface area contributed by atoms with E-state index in [9.17, 15) is 18.0 Å². The van der Waals surface area contributed by atoms with Crippen molar-refractivity contribution >= 4 is 17.2 Å². The van der Waals surface area contributed by atoms with E-state index in [-0.39, 0.29) is 5.91 Å². The van der Waals surface area contributed by atoms with Crippen molar-refractivity contribution in [2.45, 2.75) is 25.9 Å². The molecular formula is C17H19F3N2O2S.